The molecule has 4 heteroatoms. The van der Waals surface area contributed by atoms with Crippen LogP contribution in [0.4, 0.5) is 0 Å². The molecule has 0 spiro atoms. The average molecular weight is 288 g/mol. The lowest BCUT2D eigenvalue weighted by molar-refractivity contribution is 0.0383. The molecule has 1 fully saturated rings. The number of nitrogens with one attached hydrogen (secondary N) is 1. The Labute approximate surface area is 126 Å². The molecule has 0 atom stereocenters. The molecule has 0 radical (unpaired) electrons. The van der Waals surface area contributed by atoms with Gasteiger partial charge in [-0.2, -0.15) is 0 Å². The second kappa shape index (κ2) is 7.38. The zero-order valence-corrected chi connectivity index (χ0v) is 12.9. The lowest BCUT2D eigenvalue weighted by Crippen LogP contribution is -2.41. The van der Waals surface area contributed by atoms with Gasteiger partial charge in [-0.3, -0.25) is 9.69 Å². The van der Waals surface area contributed by atoms with Gasteiger partial charge in [-0.15, -0.1) is 0 Å². The Balaban J connectivity index is 1.95. The summed E-state index contributed by atoms with van der Waals surface area (Å²) in [5, 5.41) is 4.97. The quantitative estimate of drug-likeness (QED) is 0.864. The smallest absolute Gasteiger partial charge is 0.251 e. The monoisotopic (exact) mass is 288 g/mol. The molecule has 1 amide bonds. The lowest BCUT2D eigenvalue weighted by Gasteiger charge is -2.26. The molecular weight excluding hydrogens is 264 g/mol. The van der Waals surface area contributed by atoms with Crippen molar-refractivity contribution in [3.63, 3.8) is 0 Å². The SMILES string of the molecule is C=c1cc(C)c(C(=O)NCCN2CCOCC2)c/c1=C/C. The van der Waals surface area contributed by atoms with E-state index in [9.17, 15) is 4.79 Å². The molecule has 0 aromatic heterocycles. The van der Waals surface area contributed by atoms with Gasteiger partial charge < -0.3 is 10.1 Å². The van der Waals surface area contributed by atoms with Crippen LogP contribution in [0.5, 0.6) is 0 Å². The molecule has 114 valence electrons. The Hall–Kier alpha value is -1.65. The predicted molar refractivity (Wildman–Crippen MR) is 85.7 cm³/mol. The number of hydrogen-bond acceptors (Lipinski definition) is 3. The third-order valence-corrected chi connectivity index (χ3v) is 3.86. The molecule has 1 saturated heterocycles. The first-order chi connectivity index (χ1) is 10.1. The third-order valence-electron chi connectivity index (χ3n) is 3.86. The molecule has 1 heterocycles. The maximum Gasteiger partial charge on any atom is 0.251 e. The minimum atomic E-state index is -0.0103. The number of ether oxygens (including phenoxy) is 1. The Morgan fingerprint density at radius 3 is 2.81 bits per heavy atom. The Kier molecular flexibility index (Phi) is 5.53. The topological polar surface area (TPSA) is 41.6 Å². The summed E-state index contributed by atoms with van der Waals surface area (Å²) in [6.45, 7) is 12.9. The number of carbonyl (C=O) groups excluding carboxylic acids is 1. The first-order valence-corrected chi connectivity index (χ1v) is 7.46. The summed E-state index contributed by atoms with van der Waals surface area (Å²) in [6.07, 6.45) is 1.98. The van der Waals surface area contributed by atoms with E-state index in [1.54, 1.807) is 0 Å². The van der Waals surface area contributed by atoms with Crippen LogP contribution in [0.25, 0.3) is 12.7 Å². The van der Waals surface area contributed by atoms with Crippen molar-refractivity contribution in [2.75, 3.05) is 39.4 Å². The predicted octanol–water partition coefficient (Wildman–Crippen LogP) is 0.268. The van der Waals surface area contributed by atoms with E-state index in [1.807, 2.05) is 32.1 Å². The van der Waals surface area contributed by atoms with E-state index >= 15 is 0 Å². The summed E-state index contributed by atoms with van der Waals surface area (Å²) in [6, 6.07) is 3.88. The van der Waals surface area contributed by atoms with Crippen molar-refractivity contribution in [1.82, 2.24) is 10.2 Å². The number of morpholine rings is 1. The zero-order valence-electron chi connectivity index (χ0n) is 12.9. The number of hydrogen-bond donors (Lipinski definition) is 1. The molecule has 0 aliphatic carbocycles. The van der Waals surface area contributed by atoms with Crippen LogP contribution in [0.2, 0.25) is 0 Å². The number of carbonyl (C=O) groups is 1. The van der Waals surface area contributed by atoms with Gasteiger partial charge in [-0.25, -0.2) is 0 Å². The van der Waals surface area contributed by atoms with Crippen molar-refractivity contribution in [1.29, 1.82) is 0 Å². The second-order valence-electron chi connectivity index (χ2n) is 5.36. The van der Waals surface area contributed by atoms with E-state index < -0.39 is 0 Å². The second-order valence-corrected chi connectivity index (χ2v) is 5.36. The van der Waals surface area contributed by atoms with Gasteiger partial charge in [0.15, 0.2) is 0 Å². The van der Waals surface area contributed by atoms with Crippen LogP contribution in [0.15, 0.2) is 12.1 Å². The molecule has 1 aliphatic heterocycles. The first-order valence-electron chi connectivity index (χ1n) is 7.46. The van der Waals surface area contributed by atoms with E-state index in [-0.39, 0.29) is 5.91 Å². The van der Waals surface area contributed by atoms with Gasteiger partial charge in [0.1, 0.15) is 0 Å². The number of aryl methyl sites for hydroxylation is 1. The van der Waals surface area contributed by atoms with Crippen LogP contribution in [0, 0.1) is 6.92 Å². The summed E-state index contributed by atoms with van der Waals surface area (Å²) >= 11 is 0. The van der Waals surface area contributed by atoms with Crippen molar-refractivity contribution in [2.45, 2.75) is 13.8 Å². The van der Waals surface area contributed by atoms with Crippen LogP contribution < -0.4 is 15.8 Å². The molecule has 2 rings (SSSR count). The van der Waals surface area contributed by atoms with Gasteiger partial charge >= 0.3 is 0 Å². The summed E-state index contributed by atoms with van der Waals surface area (Å²) < 4.78 is 5.31. The minimum Gasteiger partial charge on any atom is -0.379 e. The highest BCUT2D eigenvalue weighted by molar-refractivity contribution is 5.95. The molecule has 0 bridgehead atoms. The molecular formula is C17H24N2O2. The molecule has 4 nitrogen and oxygen atoms in total. The molecule has 1 aliphatic rings. The molecule has 1 aromatic carbocycles. The van der Waals surface area contributed by atoms with E-state index in [0.29, 0.717) is 6.54 Å². The van der Waals surface area contributed by atoms with Gasteiger partial charge in [-0.1, -0.05) is 18.7 Å². The summed E-state index contributed by atoms with van der Waals surface area (Å²) in [7, 11) is 0. The van der Waals surface area contributed by atoms with Crippen molar-refractivity contribution < 1.29 is 9.53 Å². The molecule has 1 N–H and O–H groups in total. The maximum absolute atomic E-state index is 12.3. The Bertz CT molecular complexity index is 604. The van der Waals surface area contributed by atoms with Crippen molar-refractivity contribution in [2.24, 2.45) is 0 Å². The highest BCUT2D eigenvalue weighted by atomic mass is 16.5. The summed E-state index contributed by atoms with van der Waals surface area (Å²) in [5.74, 6) is -0.0103. The number of amides is 1. The first kappa shape index (κ1) is 15.7. The van der Waals surface area contributed by atoms with Crippen LogP contribution in [-0.2, 0) is 4.74 Å². The van der Waals surface area contributed by atoms with Crippen LogP contribution in [0.1, 0.15) is 22.8 Å². The van der Waals surface area contributed by atoms with Crippen LogP contribution in [-0.4, -0.2) is 50.2 Å². The highest BCUT2D eigenvalue weighted by Gasteiger charge is 2.12. The number of nitrogens with zero attached hydrogens (tertiary/aromatic N) is 1. The molecule has 0 unspecified atom stereocenters. The molecule has 0 saturated carbocycles. The number of rotatable bonds is 4. The standard InChI is InChI=1S/C17H24N2O2/c1-4-15-12-16(14(3)11-13(15)2)17(20)18-5-6-19-7-9-21-10-8-19/h4,11-12H,2,5-10H2,1,3H3,(H,18,20)/b15-4-. The Morgan fingerprint density at radius 2 is 2.14 bits per heavy atom. The van der Waals surface area contributed by atoms with Crippen molar-refractivity contribution >= 4 is 18.6 Å². The number of benzene rings is 1. The summed E-state index contributed by atoms with van der Waals surface area (Å²) in [5.41, 5.74) is 1.70. The van der Waals surface area contributed by atoms with E-state index in [4.69, 9.17) is 4.74 Å². The molecule has 21 heavy (non-hydrogen) atoms. The van der Waals surface area contributed by atoms with Crippen molar-refractivity contribution in [3.05, 3.63) is 33.7 Å². The zero-order chi connectivity index (χ0) is 15.2. The van der Waals surface area contributed by atoms with Crippen LogP contribution >= 0.6 is 0 Å². The van der Waals surface area contributed by atoms with Gasteiger partial charge in [0.2, 0.25) is 0 Å². The van der Waals surface area contributed by atoms with Gasteiger partial charge in [0.05, 0.1) is 13.2 Å². The van der Waals surface area contributed by atoms with Gasteiger partial charge in [0, 0.05) is 31.7 Å². The summed E-state index contributed by atoms with van der Waals surface area (Å²) in [4.78, 5) is 14.6. The van der Waals surface area contributed by atoms with Gasteiger partial charge in [0.25, 0.3) is 5.91 Å². The fraction of sp³-hybridized carbons (Fsp3) is 0.471. The molecule has 1 aromatic rings. The largest absolute Gasteiger partial charge is 0.379 e. The maximum atomic E-state index is 12.3. The fourth-order valence-electron chi connectivity index (χ4n) is 2.55. The highest BCUT2D eigenvalue weighted by Crippen LogP contribution is 2.02. The fourth-order valence-corrected chi connectivity index (χ4v) is 2.55. The van der Waals surface area contributed by atoms with E-state index in [2.05, 4.69) is 16.8 Å². The van der Waals surface area contributed by atoms with Crippen molar-refractivity contribution in [3.8, 4) is 0 Å². The van der Waals surface area contributed by atoms with Gasteiger partial charge in [-0.05, 0) is 35.9 Å². The minimum absolute atomic E-state index is 0.0103. The van der Waals surface area contributed by atoms with E-state index in [0.717, 1.165) is 54.4 Å². The van der Waals surface area contributed by atoms with E-state index in [1.165, 1.54) is 0 Å². The Morgan fingerprint density at radius 1 is 1.43 bits per heavy atom. The lowest BCUT2D eigenvalue weighted by atomic mass is 10.1. The third kappa shape index (κ3) is 4.16. The average Bonchev–Trinajstić information content (AvgIpc) is 2.48. The normalized spacial score (nSPS) is 17.0. The van der Waals surface area contributed by atoms with Crippen LogP contribution in [0.3, 0.4) is 0 Å².